The Morgan fingerprint density at radius 2 is 2.17 bits per heavy atom. The fourth-order valence-electron chi connectivity index (χ4n) is 2.93. The molecular weight excluding hydrogens is 307 g/mol. The van der Waals surface area contributed by atoms with Crippen molar-refractivity contribution in [3.05, 3.63) is 29.6 Å². The number of morpholine rings is 1. The highest BCUT2D eigenvalue weighted by molar-refractivity contribution is 6.01. The van der Waals surface area contributed by atoms with Crippen molar-refractivity contribution in [3.8, 4) is 0 Å². The van der Waals surface area contributed by atoms with Crippen molar-refractivity contribution in [2.24, 2.45) is 0 Å². The van der Waals surface area contributed by atoms with Gasteiger partial charge in [0.15, 0.2) is 6.04 Å². The van der Waals surface area contributed by atoms with Gasteiger partial charge in [-0.15, -0.1) is 0 Å². The molecule has 23 heavy (non-hydrogen) atoms. The van der Waals surface area contributed by atoms with Crippen molar-refractivity contribution >= 4 is 23.5 Å². The second-order valence-electron chi connectivity index (χ2n) is 5.50. The lowest BCUT2D eigenvalue weighted by Crippen LogP contribution is -2.54. The number of anilines is 1. The van der Waals surface area contributed by atoms with E-state index in [-0.39, 0.29) is 31.9 Å². The Bertz CT molecular complexity index is 678. The van der Waals surface area contributed by atoms with Gasteiger partial charge >= 0.3 is 5.97 Å². The van der Waals surface area contributed by atoms with E-state index in [1.807, 2.05) is 0 Å². The summed E-state index contributed by atoms with van der Waals surface area (Å²) in [6, 6.07) is 2.74. The van der Waals surface area contributed by atoms with E-state index in [4.69, 9.17) is 4.74 Å². The van der Waals surface area contributed by atoms with E-state index in [1.54, 1.807) is 0 Å². The third kappa shape index (κ3) is 2.89. The lowest BCUT2D eigenvalue weighted by atomic mass is 9.88. The van der Waals surface area contributed by atoms with Gasteiger partial charge in [0.1, 0.15) is 5.82 Å². The van der Waals surface area contributed by atoms with Gasteiger partial charge in [-0.05, 0) is 17.7 Å². The third-order valence-electron chi connectivity index (χ3n) is 4.05. The number of rotatable bonds is 2. The summed E-state index contributed by atoms with van der Waals surface area (Å²) in [6.07, 6.45) is -0.0961. The number of aliphatic carboxylic acids is 1. The van der Waals surface area contributed by atoms with Crippen LogP contribution in [-0.2, 0) is 19.1 Å². The summed E-state index contributed by atoms with van der Waals surface area (Å²) in [5.74, 6) is -3.35. The molecule has 1 saturated heterocycles. The number of nitrogens with one attached hydrogen (secondary N) is 1. The molecule has 3 rings (SSSR count). The molecule has 8 heteroatoms. The summed E-state index contributed by atoms with van der Waals surface area (Å²) in [4.78, 5) is 37.1. The molecular formula is C15H15FN2O5. The summed E-state index contributed by atoms with van der Waals surface area (Å²) in [6.45, 7) is 0.297. The average molecular weight is 322 g/mol. The van der Waals surface area contributed by atoms with Gasteiger partial charge in [0.25, 0.3) is 0 Å². The van der Waals surface area contributed by atoms with Crippen LogP contribution in [0.3, 0.4) is 0 Å². The van der Waals surface area contributed by atoms with E-state index in [2.05, 4.69) is 5.32 Å². The molecule has 2 aliphatic heterocycles. The quantitative estimate of drug-likeness (QED) is 0.829. The van der Waals surface area contributed by atoms with Gasteiger partial charge in [-0.25, -0.2) is 9.18 Å². The molecule has 2 unspecified atom stereocenters. The van der Waals surface area contributed by atoms with Gasteiger partial charge < -0.3 is 20.1 Å². The average Bonchev–Trinajstić information content (AvgIpc) is 2.52. The molecule has 0 aliphatic carbocycles. The SMILES string of the molecule is O=C1CC(C(=O)N2CCOCC2C(=O)O)c2ccc(F)cc2N1. The molecule has 0 bridgehead atoms. The van der Waals surface area contributed by atoms with Gasteiger partial charge in [0, 0.05) is 18.7 Å². The molecule has 2 atom stereocenters. The first-order valence-electron chi connectivity index (χ1n) is 7.17. The second kappa shape index (κ2) is 5.96. The Hall–Kier alpha value is -2.48. The summed E-state index contributed by atoms with van der Waals surface area (Å²) < 4.78 is 18.4. The van der Waals surface area contributed by atoms with Gasteiger partial charge in [0.2, 0.25) is 11.8 Å². The van der Waals surface area contributed by atoms with Crippen molar-refractivity contribution in [2.45, 2.75) is 18.4 Å². The van der Waals surface area contributed by atoms with Crippen LogP contribution in [0.25, 0.3) is 0 Å². The Balaban J connectivity index is 1.93. The molecule has 0 saturated carbocycles. The van der Waals surface area contributed by atoms with E-state index < -0.39 is 35.6 Å². The van der Waals surface area contributed by atoms with Crippen molar-refractivity contribution in [2.75, 3.05) is 25.1 Å². The molecule has 1 aromatic rings. The fraction of sp³-hybridized carbons (Fsp3) is 0.400. The second-order valence-corrected chi connectivity index (χ2v) is 5.50. The van der Waals surface area contributed by atoms with Crippen LogP contribution in [0.4, 0.5) is 10.1 Å². The molecule has 0 spiro atoms. The minimum Gasteiger partial charge on any atom is -0.480 e. The van der Waals surface area contributed by atoms with Gasteiger partial charge in [-0.2, -0.15) is 0 Å². The monoisotopic (exact) mass is 322 g/mol. The number of ether oxygens (including phenoxy) is 1. The first-order chi connectivity index (χ1) is 11.0. The third-order valence-corrected chi connectivity index (χ3v) is 4.05. The zero-order chi connectivity index (χ0) is 16.6. The number of amides is 2. The molecule has 0 radical (unpaired) electrons. The molecule has 1 fully saturated rings. The first-order valence-corrected chi connectivity index (χ1v) is 7.17. The van der Waals surface area contributed by atoms with Gasteiger partial charge in [-0.1, -0.05) is 6.07 Å². The highest BCUT2D eigenvalue weighted by atomic mass is 19.1. The standard InChI is InChI=1S/C15H15FN2O5/c16-8-1-2-9-10(6-13(19)17-11(9)5-8)14(20)18-3-4-23-7-12(18)15(21)22/h1-2,5,10,12H,3-4,6-7H2,(H,17,19)(H,21,22). The number of carbonyl (C=O) groups excluding carboxylic acids is 2. The number of fused-ring (bicyclic) bond motifs is 1. The number of benzene rings is 1. The summed E-state index contributed by atoms with van der Waals surface area (Å²) in [5, 5.41) is 11.8. The Morgan fingerprint density at radius 3 is 2.91 bits per heavy atom. The van der Waals surface area contributed by atoms with E-state index >= 15 is 0 Å². The van der Waals surface area contributed by atoms with E-state index in [9.17, 15) is 23.9 Å². The van der Waals surface area contributed by atoms with Crippen LogP contribution in [0.5, 0.6) is 0 Å². The van der Waals surface area contributed by atoms with Crippen LogP contribution >= 0.6 is 0 Å². The largest absolute Gasteiger partial charge is 0.480 e. The molecule has 1 aromatic carbocycles. The first kappa shape index (κ1) is 15.4. The number of carboxylic acids is 1. The molecule has 2 heterocycles. The lowest BCUT2D eigenvalue weighted by molar-refractivity contribution is -0.159. The van der Waals surface area contributed by atoms with Crippen molar-refractivity contribution in [3.63, 3.8) is 0 Å². The van der Waals surface area contributed by atoms with Gasteiger partial charge in [0.05, 0.1) is 19.1 Å². The van der Waals surface area contributed by atoms with Crippen LogP contribution < -0.4 is 5.32 Å². The van der Waals surface area contributed by atoms with Crippen molar-refractivity contribution < 1.29 is 28.6 Å². The van der Waals surface area contributed by atoms with Crippen LogP contribution in [0, 0.1) is 5.82 Å². The normalized spacial score (nSPS) is 23.9. The fourth-order valence-corrected chi connectivity index (χ4v) is 2.93. The Morgan fingerprint density at radius 1 is 1.39 bits per heavy atom. The van der Waals surface area contributed by atoms with Crippen LogP contribution in [0.1, 0.15) is 17.9 Å². The molecule has 2 aliphatic rings. The lowest BCUT2D eigenvalue weighted by Gasteiger charge is -2.36. The number of carbonyl (C=O) groups is 3. The van der Waals surface area contributed by atoms with Gasteiger partial charge in [-0.3, -0.25) is 9.59 Å². The number of hydrogen-bond acceptors (Lipinski definition) is 4. The van der Waals surface area contributed by atoms with E-state index in [0.717, 1.165) is 6.07 Å². The zero-order valence-electron chi connectivity index (χ0n) is 12.1. The number of nitrogens with zero attached hydrogens (tertiary/aromatic N) is 1. The minimum absolute atomic E-state index is 0.0870. The maximum absolute atomic E-state index is 13.3. The maximum Gasteiger partial charge on any atom is 0.328 e. The van der Waals surface area contributed by atoms with Crippen molar-refractivity contribution in [1.82, 2.24) is 4.90 Å². The summed E-state index contributed by atoms with van der Waals surface area (Å²) >= 11 is 0. The highest BCUT2D eigenvalue weighted by Gasteiger charge is 2.39. The Kier molecular flexibility index (Phi) is 3.99. The molecule has 2 N–H and O–H groups in total. The predicted molar refractivity (Wildman–Crippen MR) is 76.3 cm³/mol. The number of hydrogen-bond donors (Lipinski definition) is 2. The smallest absolute Gasteiger partial charge is 0.328 e. The molecule has 122 valence electrons. The molecule has 0 aromatic heterocycles. The maximum atomic E-state index is 13.3. The molecule has 7 nitrogen and oxygen atoms in total. The van der Waals surface area contributed by atoms with Crippen LogP contribution in [0.2, 0.25) is 0 Å². The Labute approximate surface area is 131 Å². The zero-order valence-corrected chi connectivity index (χ0v) is 12.1. The number of carboxylic acid groups (broad SMARTS) is 1. The van der Waals surface area contributed by atoms with E-state index in [1.165, 1.54) is 17.0 Å². The molecule has 2 amide bonds. The van der Waals surface area contributed by atoms with Crippen molar-refractivity contribution in [1.29, 1.82) is 0 Å². The van der Waals surface area contributed by atoms with Crippen LogP contribution in [-0.4, -0.2) is 53.6 Å². The minimum atomic E-state index is -1.15. The predicted octanol–water partition coefficient (Wildman–Crippen LogP) is 0.564. The highest BCUT2D eigenvalue weighted by Crippen LogP contribution is 2.34. The topological polar surface area (TPSA) is 95.9 Å². The summed E-state index contributed by atoms with van der Waals surface area (Å²) in [5.41, 5.74) is 0.742. The number of halogens is 1. The summed E-state index contributed by atoms with van der Waals surface area (Å²) in [7, 11) is 0. The van der Waals surface area contributed by atoms with Crippen LogP contribution in [0.15, 0.2) is 18.2 Å². The van der Waals surface area contributed by atoms with E-state index in [0.29, 0.717) is 5.56 Å².